The van der Waals surface area contributed by atoms with Crippen molar-refractivity contribution in [1.82, 2.24) is 10.2 Å². The maximum atomic E-state index is 6.01. The Bertz CT molecular complexity index is 391. The molecule has 2 atom stereocenters. The van der Waals surface area contributed by atoms with Crippen LogP contribution in [0.3, 0.4) is 0 Å². The molecule has 0 bridgehead atoms. The first kappa shape index (κ1) is 14.5. The number of ether oxygens (including phenoxy) is 1. The standard InChI is InChI=1S/C16H26N2O/c1-13-11-18(12-16(2,3)19-13)15(10-17-4)14-8-6-5-7-9-14/h5-9,13,15,17H,10-12H2,1-4H3. The molecule has 2 rings (SSSR count). The minimum atomic E-state index is -0.0710. The largest absolute Gasteiger partial charge is 0.370 e. The third kappa shape index (κ3) is 3.78. The van der Waals surface area contributed by atoms with Gasteiger partial charge in [0.05, 0.1) is 11.7 Å². The Kier molecular flexibility index (Phi) is 4.61. The number of nitrogens with zero attached hydrogens (tertiary/aromatic N) is 1. The SMILES string of the molecule is CNCC(c1ccccc1)N1CC(C)OC(C)(C)C1. The quantitative estimate of drug-likeness (QED) is 0.902. The zero-order valence-corrected chi connectivity index (χ0v) is 12.5. The van der Waals surface area contributed by atoms with Crippen molar-refractivity contribution in [2.45, 2.75) is 38.5 Å². The summed E-state index contributed by atoms with van der Waals surface area (Å²) in [6.45, 7) is 9.44. The van der Waals surface area contributed by atoms with Crippen LogP contribution in [0.25, 0.3) is 0 Å². The van der Waals surface area contributed by atoms with Crippen molar-refractivity contribution < 1.29 is 4.74 Å². The summed E-state index contributed by atoms with van der Waals surface area (Å²) in [6.07, 6.45) is 0.284. The smallest absolute Gasteiger partial charge is 0.0757 e. The van der Waals surface area contributed by atoms with Crippen LogP contribution in [0.5, 0.6) is 0 Å². The van der Waals surface area contributed by atoms with Crippen LogP contribution in [0.4, 0.5) is 0 Å². The third-order valence-electron chi connectivity index (χ3n) is 3.62. The van der Waals surface area contributed by atoms with Crippen LogP contribution in [-0.4, -0.2) is 43.3 Å². The van der Waals surface area contributed by atoms with Crippen LogP contribution in [0.2, 0.25) is 0 Å². The molecular formula is C16H26N2O. The number of hydrogen-bond donors (Lipinski definition) is 1. The lowest BCUT2D eigenvalue weighted by molar-refractivity contribution is -0.138. The Labute approximate surface area is 116 Å². The first-order valence-corrected chi connectivity index (χ1v) is 7.13. The highest BCUT2D eigenvalue weighted by molar-refractivity contribution is 5.20. The summed E-state index contributed by atoms with van der Waals surface area (Å²) in [4.78, 5) is 2.54. The summed E-state index contributed by atoms with van der Waals surface area (Å²) in [6, 6.07) is 11.2. The minimum Gasteiger partial charge on any atom is -0.370 e. The van der Waals surface area contributed by atoms with Gasteiger partial charge in [0.1, 0.15) is 0 Å². The van der Waals surface area contributed by atoms with Gasteiger partial charge < -0.3 is 10.1 Å². The zero-order chi connectivity index (χ0) is 13.9. The zero-order valence-electron chi connectivity index (χ0n) is 12.5. The van der Waals surface area contributed by atoms with Crippen LogP contribution in [0, 0.1) is 0 Å². The Morgan fingerprint density at radius 3 is 2.63 bits per heavy atom. The number of nitrogens with one attached hydrogen (secondary N) is 1. The lowest BCUT2D eigenvalue weighted by atomic mass is 9.99. The van der Waals surface area contributed by atoms with Gasteiger partial charge in [-0.25, -0.2) is 0 Å². The van der Waals surface area contributed by atoms with Crippen LogP contribution in [0.1, 0.15) is 32.4 Å². The number of rotatable bonds is 4. The fourth-order valence-electron chi connectivity index (χ4n) is 3.07. The van der Waals surface area contributed by atoms with Gasteiger partial charge in [-0.1, -0.05) is 30.3 Å². The van der Waals surface area contributed by atoms with Gasteiger partial charge in [0.15, 0.2) is 0 Å². The molecule has 1 aromatic carbocycles. The molecule has 1 aromatic rings. The van der Waals surface area contributed by atoms with Crippen molar-refractivity contribution in [3.05, 3.63) is 35.9 Å². The third-order valence-corrected chi connectivity index (χ3v) is 3.62. The number of hydrogen-bond acceptors (Lipinski definition) is 3. The van der Waals surface area contributed by atoms with E-state index in [0.29, 0.717) is 6.04 Å². The molecule has 19 heavy (non-hydrogen) atoms. The summed E-state index contributed by atoms with van der Waals surface area (Å²) >= 11 is 0. The van der Waals surface area contributed by atoms with Crippen molar-refractivity contribution in [3.8, 4) is 0 Å². The highest BCUT2D eigenvalue weighted by Gasteiger charge is 2.34. The molecule has 1 aliphatic rings. The number of benzene rings is 1. The van der Waals surface area contributed by atoms with Gasteiger partial charge in [-0.3, -0.25) is 4.90 Å². The van der Waals surface area contributed by atoms with Crippen molar-refractivity contribution in [1.29, 1.82) is 0 Å². The topological polar surface area (TPSA) is 24.5 Å². The van der Waals surface area contributed by atoms with E-state index in [1.807, 2.05) is 7.05 Å². The van der Waals surface area contributed by atoms with Gasteiger partial charge in [-0.05, 0) is 33.4 Å². The van der Waals surface area contributed by atoms with Crippen molar-refractivity contribution in [2.75, 3.05) is 26.7 Å². The summed E-state index contributed by atoms with van der Waals surface area (Å²) in [5.74, 6) is 0. The predicted molar refractivity (Wildman–Crippen MR) is 79.3 cm³/mol. The van der Waals surface area contributed by atoms with E-state index in [2.05, 4.69) is 61.3 Å². The van der Waals surface area contributed by atoms with E-state index in [1.165, 1.54) is 5.56 Å². The van der Waals surface area contributed by atoms with Crippen LogP contribution in [0.15, 0.2) is 30.3 Å². The van der Waals surface area contributed by atoms with Gasteiger partial charge in [-0.2, -0.15) is 0 Å². The van der Waals surface area contributed by atoms with Crippen molar-refractivity contribution >= 4 is 0 Å². The Morgan fingerprint density at radius 2 is 2.05 bits per heavy atom. The Balaban J connectivity index is 2.19. The van der Waals surface area contributed by atoms with E-state index in [9.17, 15) is 0 Å². The second-order valence-electron chi connectivity index (χ2n) is 6.10. The van der Waals surface area contributed by atoms with Crippen LogP contribution in [-0.2, 0) is 4.74 Å². The molecule has 1 N–H and O–H groups in total. The van der Waals surface area contributed by atoms with Crippen molar-refractivity contribution in [2.24, 2.45) is 0 Å². The number of likely N-dealkylation sites (N-methyl/N-ethyl adjacent to an activating group) is 1. The van der Waals surface area contributed by atoms with E-state index in [0.717, 1.165) is 19.6 Å². The Morgan fingerprint density at radius 1 is 1.37 bits per heavy atom. The minimum absolute atomic E-state index is 0.0710. The van der Waals surface area contributed by atoms with E-state index >= 15 is 0 Å². The molecule has 2 unspecified atom stereocenters. The molecule has 1 saturated heterocycles. The molecule has 0 amide bonds. The fourth-order valence-corrected chi connectivity index (χ4v) is 3.07. The molecule has 0 aliphatic carbocycles. The second kappa shape index (κ2) is 6.04. The summed E-state index contributed by atoms with van der Waals surface area (Å²) in [5, 5.41) is 3.32. The molecule has 1 heterocycles. The highest BCUT2D eigenvalue weighted by Crippen LogP contribution is 2.28. The average Bonchev–Trinajstić information content (AvgIpc) is 2.34. The maximum Gasteiger partial charge on any atom is 0.0757 e. The summed E-state index contributed by atoms with van der Waals surface area (Å²) in [7, 11) is 2.02. The van der Waals surface area contributed by atoms with Crippen LogP contribution < -0.4 is 5.32 Å². The summed E-state index contributed by atoms with van der Waals surface area (Å²) in [5.41, 5.74) is 1.31. The first-order chi connectivity index (χ1) is 9.02. The predicted octanol–water partition coefficient (Wildman–Crippen LogP) is 2.45. The van der Waals surface area contributed by atoms with Gasteiger partial charge in [0.25, 0.3) is 0 Å². The van der Waals surface area contributed by atoms with Gasteiger partial charge in [-0.15, -0.1) is 0 Å². The average molecular weight is 262 g/mol. The van der Waals surface area contributed by atoms with E-state index in [-0.39, 0.29) is 11.7 Å². The normalized spacial score (nSPS) is 25.2. The van der Waals surface area contributed by atoms with E-state index < -0.39 is 0 Å². The molecule has 0 spiro atoms. The molecule has 3 heteroatoms. The highest BCUT2D eigenvalue weighted by atomic mass is 16.5. The number of morpholine rings is 1. The first-order valence-electron chi connectivity index (χ1n) is 7.13. The second-order valence-corrected chi connectivity index (χ2v) is 6.10. The molecule has 0 saturated carbocycles. The lowest BCUT2D eigenvalue weighted by Crippen LogP contribution is -2.54. The van der Waals surface area contributed by atoms with Crippen LogP contribution >= 0.6 is 0 Å². The lowest BCUT2D eigenvalue weighted by Gasteiger charge is -2.45. The molecule has 1 aliphatic heterocycles. The fraction of sp³-hybridized carbons (Fsp3) is 0.625. The molecule has 106 valence electrons. The Hall–Kier alpha value is -0.900. The molecule has 0 aromatic heterocycles. The molecule has 0 radical (unpaired) electrons. The van der Waals surface area contributed by atoms with E-state index in [1.54, 1.807) is 0 Å². The van der Waals surface area contributed by atoms with Crippen molar-refractivity contribution in [3.63, 3.8) is 0 Å². The van der Waals surface area contributed by atoms with E-state index in [4.69, 9.17) is 4.74 Å². The maximum absolute atomic E-state index is 6.01. The molecule has 1 fully saturated rings. The van der Waals surface area contributed by atoms with Gasteiger partial charge in [0, 0.05) is 25.7 Å². The molecule has 3 nitrogen and oxygen atoms in total. The molecular weight excluding hydrogens is 236 g/mol. The van der Waals surface area contributed by atoms with Gasteiger partial charge in [0.2, 0.25) is 0 Å². The summed E-state index contributed by atoms with van der Waals surface area (Å²) < 4.78 is 6.01. The monoisotopic (exact) mass is 262 g/mol. The van der Waals surface area contributed by atoms with Gasteiger partial charge >= 0.3 is 0 Å².